The predicted molar refractivity (Wildman–Crippen MR) is 107 cm³/mol. The molecule has 3 heterocycles. The van der Waals surface area contributed by atoms with E-state index in [1.165, 1.54) is 12.1 Å². The highest BCUT2D eigenvalue weighted by Gasteiger charge is 2.19. The molecule has 144 valence electrons. The Balaban J connectivity index is 1.74. The number of urea groups is 1. The van der Waals surface area contributed by atoms with Gasteiger partial charge in [0.1, 0.15) is 17.2 Å². The molecule has 0 aliphatic carbocycles. The molecule has 4 rings (SSSR count). The largest absolute Gasteiger partial charge is 0.496 e. The number of carbonyl (C=O) groups is 1. The summed E-state index contributed by atoms with van der Waals surface area (Å²) in [5.41, 5.74) is 3.42. The van der Waals surface area contributed by atoms with Crippen molar-refractivity contribution in [3.63, 3.8) is 0 Å². The maximum atomic E-state index is 14.0. The number of nitrogens with one attached hydrogen (secondary N) is 2. The van der Waals surface area contributed by atoms with Gasteiger partial charge in [-0.1, -0.05) is 6.08 Å². The molecule has 0 atom stereocenters. The Hall–Kier alpha value is -3.35. The predicted octanol–water partition coefficient (Wildman–Crippen LogP) is 3.81. The van der Waals surface area contributed by atoms with Crippen molar-refractivity contribution in [2.45, 2.75) is 6.42 Å². The standard InChI is InChI=1S/C21H21FN4O2/c1-23-21(27)26-9-6-13(7-10-26)18-12-17-15(5-8-24-20(17)25-18)16-11-14(22)3-4-19(16)28-2/h3-6,8,11-12H,7,9-10H2,1-2H3,(H,23,27)(H,24,25)/i2D3. The second-order valence-electron chi connectivity index (χ2n) is 6.53. The van der Waals surface area contributed by atoms with Crippen LogP contribution in [-0.4, -0.2) is 48.1 Å². The van der Waals surface area contributed by atoms with E-state index in [0.717, 1.165) is 17.3 Å². The zero-order valence-corrected chi connectivity index (χ0v) is 15.3. The molecular weight excluding hydrogens is 359 g/mol. The summed E-state index contributed by atoms with van der Waals surface area (Å²) in [5.74, 6) is -0.437. The van der Waals surface area contributed by atoms with Gasteiger partial charge in [0.25, 0.3) is 0 Å². The van der Waals surface area contributed by atoms with Gasteiger partial charge in [-0.15, -0.1) is 0 Å². The molecule has 3 aromatic rings. The van der Waals surface area contributed by atoms with E-state index in [0.29, 0.717) is 41.7 Å². The second kappa shape index (κ2) is 7.34. The first kappa shape index (κ1) is 14.7. The lowest BCUT2D eigenvalue weighted by atomic mass is 10.0. The van der Waals surface area contributed by atoms with Crippen LogP contribution in [0.25, 0.3) is 27.7 Å². The van der Waals surface area contributed by atoms with Crippen LogP contribution in [0.15, 0.2) is 42.6 Å². The molecule has 0 spiro atoms. The maximum Gasteiger partial charge on any atom is 0.317 e. The molecule has 0 saturated heterocycles. The van der Waals surface area contributed by atoms with Gasteiger partial charge in [0.05, 0.1) is 11.2 Å². The van der Waals surface area contributed by atoms with Crippen LogP contribution >= 0.6 is 0 Å². The van der Waals surface area contributed by atoms with E-state index < -0.39 is 12.9 Å². The Morgan fingerprint density at radius 3 is 3.00 bits per heavy atom. The number of nitrogens with zero attached hydrogens (tertiary/aromatic N) is 2. The Morgan fingerprint density at radius 2 is 2.25 bits per heavy atom. The Morgan fingerprint density at radius 1 is 1.36 bits per heavy atom. The minimum atomic E-state index is -2.66. The van der Waals surface area contributed by atoms with E-state index in [1.807, 2.05) is 12.1 Å². The van der Waals surface area contributed by atoms with Crippen LogP contribution in [0.4, 0.5) is 9.18 Å². The third-order valence-electron chi connectivity index (χ3n) is 4.93. The molecular formula is C21H21FN4O2. The highest BCUT2D eigenvalue weighted by Crippen LogP contribution is 2.36. The monoisotopic (exact) mass is 383 g/mol. The topological polar surface area (TPSA) is 70.2 Å². The summed E-state index contributed by atoms with van der Waals surface area (Å²) in [6.45, 7) is 1.08. The molecule has 28 heavy (non-hydrogen) atoms. The van der Waals surface area contributed by atoms with Gasteiger partial charge in [0.15, 0.2) is 0 Å². The summed E-state index contributed by atoms with van der Waals surface area (Å²) >= 11 is 0. The van der Waals surface area contributed by atoms with E-state index in [2.05, 4.69) is 15.3 Å². The molecule has 2 N–H and O–H groups in total. The summed E-state index contributed by atoms with van der Waals surface area (Å²) in [5, 5.41) is 3.34. The number of rotatable bonds is 3. The van der Waals surface area contributed by atoms with Crippen LogP contribution in [0.2, 0.25) is 0 Å². The lowest BCUT2D eigenvalue weighted by Crippen LogP contribution is -2.40. The average molecular weight is 383 g/mol. The number of carbonyl (C=O) groups excluding carboxylic acids is 1. The van der Waals surface area contributed by atoms with Crippen LogP contribution in [0.5, 0.6) is 5.75 Å². The zero-order valence-electron chi connectivity index (χ0n) is 18.3. The summed E-state index contributed by atoms with van der Waals surface area (Å²) in [7, 11) is -1.06. The molecule has 0 saturated carbocycles. The molecule has 2 amide bonds. The quantitative estimate of drug-likeness (QED) is 0.723. The van der Waals surface area contributed by atoms with Crippen molar-refractivity contribution in [2.24, 2.45) is 0 Å². The third kappa shape index (κ3) is 3.19. The molecule has 1 aliphatic heterocycles. The second-order valence-corrected chi connectivity index (χ2v) is 6.53. The fourth-order valence-corrected chi connectivity index (χ4v) is 3.49. The van der Waals surface area contributed by atoms with E-state index in [4.69, 9.17) is 8.85 Å². The maximum absolute atomic E-state index is 14.0. The molecule has 0 unspecified atom stereocenters. The van der Waals surface area contributed by atoms with Crippen LogP contribution in [0.3, 0.4) is 0 Å². The number of pyridine rings is 1. The number of methoxy groups -OCH3 is 1. The zero-order chi connectivity index (χ0) is 22.2. The number of benzene rings is 1. The molecule has 0 bridgehead atoms. The van der Waals surface area contributed by atoms with Crippen LogP contribution in [0.1, 0.15) is 16.2 Å². The van der Waals surface area contributed by atoms with Gasteiger partial charge in [0, 0.05) is 43.0 Å². The fourth-order valence-electron chi connectivity index (χ4n) is 3.49. The Kier molecular flexibility index (Phi) is 3.85. The number of ether oxygens (including phenoxy) is 1. The molecule has 6 nitrogen and oxygen atoms in total. The number of aromatic nitrogens is 2. The normalized spacial score (nSPS) is 16.1. The molecule has 1 aliphatic rings. The van der Waals surface area contributed by atoms with Crippen LogP contribution in [0, 0.1) is 5.82 Å². The number of hydrogen-bond donors (Lipinski definition) is 2. The minimum Gasteiger partial charge on any atom is -0.496 e. The van der Waals surface area contributed by atoms with Crippen LogP contribution in [-0.2, 0) is 0 Å². The van der Waals surface area contributed by atoms with Crippen molar-refractivity contribution in [3.05, 3.63) is 54.1 Å². The number of aromatic amines is 1. The summed E-state index contributed by atoms with van der Waals surface area (Å²) in [6, 6.07) is 7.21. The molecule has 7 heteroatoms. The van der Waals surface area contributed by atoms with E-state index in [9.17, 15) is 9.18 Å². The number of H-pyrrole nitrogens is 1. The van der Waals surface area contributed by atoms with Crippen molar-refractivity contribution < 1.29 is 18.0 Å². The first-order valence-electron chi connectivity index (χ1n) is 10.4. The number of fused-ring (bicyclic) bond motifs is 1. The van der Waals surface area contributed by atoms with Gasteiger partial charge in [-0.3, -0.25) is 0 Å². The fraction of sp³-hybridized carbons (Fsp3) is 0.238. The minimum absolute atomic E-state index is 0.0646. The third-order valence-corrected chi connectivity index (χ3v) is 4.93. The Bertz CT molecular complexity index is 1170. The van der Waals surface area contributed by atoms with Crippen molar-refractivity contribution in [2.75, 3.05) is 27.2 Å². The van der Waals surface area contributed by atoms with Gasteiger partial charge in [-0.2, -0.15) is 0 Å². The lowest BCUT2D eigenvalue weighted by Gasteiger charge is -2.25. The Labute approximate surface area is 166 Å². The molecule has 2 aromatic heterocycles. The lowest BCUT2D eigenvalue weighted by molar-refractivity contribution is 0.205. The molecule has 0 radical (unpaired) electrons. The van der Waals surface area contributed by atoms with E-state index in [-0.39, 0.29) is 11.8 Å². The van der Waals surface area contributed by atoms with Gasteiger partial charge in [-0.05, 0) is 47.9 Å². The summed E-state index contributed by atoms with van der Waals surface area (Å²) in [6.07, 6.45) is 4.22. The summed E-state index contributed by atoms with van der Waals surface area (Å²) in [4.78, 5) is 21.1. The highest BCUT2D eigenvalue weighted by atomic mass is 19.1. The smallest absolute Gasteiger partial charge is 0.317 e. The average Bonchev–Trinajstić information content (AvgIpc) is 3.18. The number of amides is 2. The molecule has 0 fully saturated rings. The highest BCUT2D eigenvalue weighted by molar-refractivity contribution is 5.96. The van der Waals surface area contributed by atoms with Gasteiger partial charge >= 0.3 is 6.03 Å². The number of halogens is 1. The SMILES string of the molecule is [2H]C([2H])([2H])Oc1ccc(F)cc1-c1ccnc2[nH]c(C3=CCN(C(=O)NC)CC3)cc12. The first-order valence-corrected chi connectivity index (χ1v) is 8.88. The van der Waals surface area contributed by atoms with Gasteiger partial charge < -0.3 is 19.9 Å². The van der Waals surface area contributed by atoms with Crippen LogP contribution < -0.4 is 10.1 Å². The van der Waals surface area contributed by atoms with Crippen molar-refractivity contribution in [3.8, 4) is 16.9 Å². The first-order chi connectivity index (χ1) is 14.7. The van der Waals surface area contributed by atoms with Gasteiger partial charge in [0.2, 0.25) is 0 Å². The number of hydrogen-bond acceptors (Lipinski definition) is 3. The molecule has 1 aromatic carbocycles. The van der Waals surface area contributed by atoms with E-state index in [1.54, 1.807) is 24.2 Å². The van der Waals surface area contributed by atoms with Crippen molar-refractivity contribution in [1.29, 1.82) is 0 Å². The summed E-state index contributed by atoms with van der Waals surface area (Å²) < 4.78 is 41.3. The van der Waals surface area contributed by atoms with E-state index >= 15 is 0 Å². The van der Waals surface area contributed by atoms with Gasteiger partial charge in [-0.25, -0.2) is 14.2 Å². The van der Waals surface area contributed by atoms with Crippen molar-refractivity contribution in [1.82, 2.24) is 20.2 Å². The van der Waals surface area contributed by atoms with Crippen molar-refractivity contribution >= 4 is 22.6 Å².